The average molecular weight is 227 g/mol. The average Bonchev–Trinajstić information content (AvgIpc) is 2.20. The van der Waals surface area contributed by atoms with Gasteiger partial charge in [-0.05, 0) is 25.5 Å². The lowest BCUT2D eigenvalue weighted by molar-refractivity contribution is 0.101. The quantitative estimate of drug-likeness (QED) is 0.565. The summed E-state index contributed by atoms with van der Waals surface area (Å²) in [5.74, 6) is 0.490. The lowest BCUT2D eigenvalue weighted by atomic mass is 10.1. The first-order valence-corrected chi connectivity index (χ1v) is 5.46. The SMILES string of the molecule is CCCCOc1c(Cl)cccc1C(C)=O. The van der Waals surface area contributed by atoms with Crippen molar-refractivity contribution in [3.8, 4) is 5.75 Å². The van der Waals surface area contributed by atoms with Crippen LogP contribution in [0.5, 0.6) is 5.75 Å². The Morgan fingerprint density at radius 1 is 1.47 bits per heavy atom. The highest BCUT2D eigenvalue weighted by atomic mass is 35.5. The van der Waals surface area contributed by atoms with E-state index in [-0.39, 0.29) is 5.78 Å². The Morgan fingerprint density at radius 2 is 2.20 bits per heavy atom. The summed E-state index contributed by atoms with van der Waals surface area (Å²) < 4.78 is 5.52. The van der Waals surface area contributed by atoms with Crippen LogP contribution in [0.1, 0.15) is 37.0 Å². The van der Waals surface area contributed by atoms with E-state index in [9.17, 15) is 4.79 Å². The maximum atomic E-state index is 11.3. The fourth-order valence-electron chi connectivity index (χ4n) is 1.25. The molecule has 1 rings (SSSR count). The van der Waals surface area contributed by atoms with Crippen LogP contribution in [0, 0.1) is 0 Å². The third-order valence-corrected chi connectivity index (χ3v) is 2.39. The second-order valence-electron chi connectivity index (χ2n) is 3.37. The molecule has 0 saturated heterocycles. The molecule has 0 heterocycles. The molecule has 0 radical (unpaired) electrons. The van der Waals surface area contributed by atoms with E-state index < -0.39 is 0 Å². The number of Topliss-reactive ketones (excluding diaryl/α,β-unsaturated/α-hetero) is 1. The van der Waals surface area contributed by atoms with E-state index in [0.29, 0.717) is 22.9 Å². The van der Waals surface area contributed by atoms with Crippen molar-refractivity contribution in [1.29, 1.82) is 0 Å². The highest BCUT2D eigenvalue weighted by Crippen LogP contribution is 2.29. The van der Waals surface area contributed by atoms with Crippen molar-refractivity contribution >= 4 is 17.4 Å². The Bertz CT molecular complexity index is 347. The molecule has 0 aliphatic rings. The van der Waals surface area contributed by atoms with E-state index >= 15 is 0 Å². The zero-order valence-corrected chi connectivity index (χ0v) is 9.80. The normalized spacial score (nSPS) is 10.1. The lowest BCUT2D eigenvalue weighted by Gasteiger charge is -2.10. The van der Waals surface area contributed by atoms with Crippen LogP contribution >= 0.6 is 11.6 Å². The number of rotatable bonds is 5. The number of unbranched alkanes of at least 4 members (excludes halogenated alkanes) is 1. The molecule has 0 saturated carbocycles. The molecular weight excluding hydrogens is 212 g/mol. The Hall–Kier alpha value is -1.02. The fourth-order valence-corrected chi connectivity index (χ4v) is 1.48. The second-order valence-corrected chi connectivity index (χ2v) is 3.78. The van der Waals surface area contributed by atoms with Gasteiger partial charge in [-0.2, -0.15) is 0 Å². The predicted molar refractivity (Wildman–Crippen MR) is 61.9 cm³/mol. The minimum absolute atomic E-state index is 0.0241. The first kappa shape index (κ1) is 12.1. The maximum absolute atomic E-state index is 11.3. The Morgan fingerprint density at radius 3 is 2.80 bits per heavy atom. The Labute approximate surface area is 95.2 Å². The summed E-state index contributed by atoms with van der Waals surface area (Å²) in [5.41, 5.74) is 0.554. The molecule has 0 atom stereocenters. The zero-order valence-electron chi connectivity index (χ0n) is 9.05. The molecule has 2 nitrogen and oxygen atoms in total. The molecule has 15 heavy (non-hydrogen) atoms. The minimum atomic E-state index is -0.0241. The Kier molecular flexibility index (Phi) is 4.63. The first-order chi connectivity index (χ1) is 7.16. The van der Waals surface area contributed by atoms with Gasteiger partial charge in [0.2, 0.25) is 0 Å². The number of carbonyl (C=O) groups is 1. The van der Waals surface area contributed by atoms with Crippen LogP contribution in [0.25, 0.3) is 0 Å². The van der Waals surface area contributed by atoms with E-state index in [2.05, 4.69) is 6.92 Å². The molecule has 0 aliphatic heterocycles. The largest absolute Gasteiger partial charge is 0.491 e. The van der Waals surface area contributed by atoms with E-state index in [4.69, 9.17) is 16.3 Å². The van der Waals surface area contributed by atoms with Gasteiger partial charge >= 0.3 is 0 Å². The predicted octanol–water partition coefficient (Wildman–Crippen LogP) is 3.72. The molecule has 1 aromatic rings. The smallest absolute Gasteiger partial charge is 0.163 e. The van der Waals surface area contributed by atoms with Gasteiger partial charge in [0.05, 0.1) is 17.2 Å². The van der Waals surface area contributed by atoms with Crippen molar-refractivity contribution in [2.75, 3.05) is 6.61 Å². The van der Waals surface area contributed by atoms with Crippen molar-refractivity contribution in [3.05, 3.63) is 28.8 Å². The summed E-state index contributed by atoms with van der Waals surface area (Å²) >= 11 is 5.98. The molecule has 3 heteroatoms. The summed E-state index contributed by atoms with van der Waals surface area (Å²) in [4.78, 5) is 11.3. The lowest BCUT2D eigenvalue weighted by Crippen LogP contribution is -2.03. The van der Waals surface area contributed by atoms with Gasteiger partial charge in [0.1, 0.15) is 5.75 Å². The number of hydrogen-bond donors (Lipinski definition) is 0. The van der Waals surface area contributed by atoms with Crippen molar-refractivity contribution in [2.45, 2.75) is 26.7 Å². The van der Waals surface area contributed by atoms with Crippen molar-refractivity contribution in [3.63, 3.8) is 0 Å². The molecule has 0 amide bonds. The van der Waals surface area contributed by atoms with Crippen LogP contribution in [-0.4, -0.2) is 12.4 Å². The third kappa shape index (κ3) is 3.24. The molecule has 0 aliphatic carbocycles. The van der Waals surface area contributed by atoms with Gasteiger partial charge in [-0.3, -0.25) is 4.79 Å². The van der Waals surface area contributed by atoms with Crippen LogP contribution < -0.4 is 4.74 Å². The van der Waals surface area contributed by atoms with Gasteiger partial charge in [-0.1, -0.05) is 31.0 Å². The second kappa shape index (κ2) is 5.76. The van der Waals surface area contributed by atoms with Crippen LogP contribution in [-0.2, 0) is 0 Å². The maximum Gasteiger partial charge on any atom is 0.163 e. The van der Waals surface area contributed by atoms with E-state index in [0.717, 1.165) is 12.8 Å². The van der Waals surface area contributed by atoms with Crippen LogP contribution in [0.15, 0.2) is 18.2 Å². The van der Waals surface area contributed by atoms with Gasteiger partial charge in [0.15, 0.2) is 5.78 Å². The van der Waals surface area contributed by atoms with E-state index in [1.54, 1.807) is 18.2 Å². The molecule has 0 unspecified atom stereocenters. The standard InChI is InChI=1S/C12H15ClO2/c1-3-4-8-15-12-10(9(2)14)6-5-7-11(12)13/h5-7H,3-4,8H2,1-2H3. The van der Waals surface area contributed by atoms with Crippen LogP contribution in [0.2, 0.25) is 5.02 Å². The van der Waals surface area contributed by atoms with Gasteiger partial charge < -0.3 is 4.74 Å². The van der Waals surface area contributed by atoms with Crippen LogP contribution in [0.3, 0.4) is 0 Å². The van der Waals surface area contributed by atoms with Gasteiger partial charge in [-0.25, -0.2) is 0 Å². The Balaban J connectivity index is 2.87. The number of ketones is 1. The van der Waals surface area contributed by atoms with Gasteiger partial charge in [-0.15, -0.1) is 0 Å². The number of carbonyl (C=O) groups excluding carboxylic acids is 1. The molecule has 0 fully saturated rings. The third-order valence-electron chi connectivity index (χ3n) is 2.09. The van der Waals surface area contributed by atoms with Crippen molar-refractivity contribution in [1.82, 2.24) is 0 Å². The van der Waals surface area contributed by atoms with Crippen molar-refractivity contribution in [2.24, 2.45) is 0 Å². The topological polar surface area (TPSA) is 26.3 Å². The zero-order chi connectivity index (χ0) is 11.3. The number of ether oxygens (including phenoxy) is 1. The summed E-state index contributed by atoms with van der Waals surface area (Å²) in [6.45, 7) is 4.20. The molecule has 0 spiro atoms. The number of para-hydroxylation sites is 1. The molecule has 82 valence electrons. The highest BCUT2D eigenvalue weighted by molar-refractivity contribution is 6.32. The van der Waals surface area contributed by atoms with Crippen LogP contribution in [0.4, 0.5) is 0 Å². The molecule has 0 aromatic heterocycles. The summed E-state index contributed by atoms with van der Waals surface area (Å²) in [5, 5.41) is 0.499. The number of benzene rings is 1. The van der Waals surface area contributed by atoms with Gasteiger partial charge in [0.25, 0.3) is 0 Å². The summed E-state index contributed by atoms with van der Waals surface area (Å²) in [6, 6.07) is 5.22. The summed E-state index contributed by atoms with van der Waals surface area (Å²) in [6.07, 6.45) is 2.02. The van der Waals surface area contributed by atoms with E-state index in [1.165, 1.54) is 6.92 Å². The van der Waals surface area contributed by atoms with E-state index in [1.807, 2.05) is 0 Å². The molecule has 0 bridgehead atoms. The monoisotopic (exact) mass is 226 g/mol. The van der Waals surface area contributed by atoms with Gasteiger partial charge in [0, 0.05) is 0 Å². The molecule has 0 N–H and O–H groups in total. The molecule has 1 aromatic carbocycles. The van der Waals surface area contributed by atoms with Crippen molar-refractivity contribution < 1.29 is 9.53 Å². The number of hydrogen-bond acceptors (Lipinski definition) is 2. The fraction of sp³-hybridized carbons (Fsp3) is 0.417. The minimum Gasteiger partial charge on any atom is -0.491 e. The summed E-state index contributed by atoms with van der Waals surface area (Å²) in [7, 11) is 0. The molecular formula is C12H15ClO2. The number of halogens is 1. The first-order valence-electron chi connectivity index (χ1n) is 5.09. The highest BCUT2D eigenvalue weighted by Gasteiger charge is 2.11.